The molecule has 2 heterocycles. The number of rotatable bonds is 5. The van der Waals surface area contributed by atoms with E-state index in [0.717, 1.165) is 25.0 Å². The molecule has 7 heteroatoms. The Balaban J connectivity index is 1.33. The van der Waals surface area contributed by atoms with Gasteiger partial charge in [0.25, 0.3) is 5.91 Å². The van der Waals surface area contributed by atoms with Crippen molar-refractivity contribution < 1.29 is 13.9 Å². The van der Waals surface area contributed by atoms with E-state index in [9.17, 15) is 9.18 Å². The second-order valence-corrected chi connectivity index (χ2v) is 7.78. The van der Waals surface area contributed by atoms with E-state index in [1.165, 1.54) is 12.1 Å². The van der Waals surface area contributed by atoms with Crippen LogP contribution in [-0.4, -0.2) is 60.0 Å². The van der Waals surface area contributed by atoms with Crippen LogP contribution in [0.2, 0.25) is 5.02 Å². The first-order valence-corrected chi connectivity index (χ1v) is 10.3. The fourth-order valence-electron chi connectivity index (χ4n) is 3.64. The van der Waals surface area contributed by atoms with Crippen molar-refractivity contribution in [1.82, 2.24) is 14.8 Å². The molecule has 1 saturated heterocycles. The van der Waals surface area contributed by atoms with Crippen molar-refractivity contribution in [1.29, 1.82) is 0 Å². The van der Waals surface area contributed by atoms with Gasteiger partial charge >= 0.3 is 0 Å². The number of piperazine rings is 1. The van der Waals surface area contributed by atoms with E-state index in [2.05, 4.69) is 9.88 Å². The van der Waals surface area contributed by atoms with Crippen LogP contribution in [0.25, 0.3) is 10.9 Å². The Hall–Kier alpha value is -2.70. The van der Waals surface area contributed by atoms with Gasteiger partial charge in [-0.1, -0.05) is 23.7 Å². The first-order valence-electron chi connectivity index (χ1n) is 9.97. The maximum Gasteiger partial charge on any atom is 0.255 e. The Kier molecular flexibility index (Phi) is 6.16. The first kappa shape index (κ1) is 20.6. The fourth-order valence-corrected chi connectivity index (χ4v) is 3.83. The molecule has 1 amide bonds. The average molecular weight is 428 g/mol. The largest absolute Gasteiger partial charge is 0.491 e. The van der Waals surface area contributed by atoms with Gasteiger partial charge in [0.1, 0.15) is 18.2 Å². The third kappa shape index (κ3) is 4.55. The monoisotopic (exact) mass is 427 g/mol. The number of pyridine rings is 1. The molecule has 0 bridgehead atoms. The van der Waals surface area contributed by atoms with Crippen LogP contribution in [-0.2, 0) is 0 Å². The van der Waals surface area contributed by atoms with E-state index in [1.807, 2.05) is 29.2 Å². The van der Waals surface area contributed by atoms with Gasteiger partial charge in [-0.05, 0) is 37.3 Å². The number of halogens is 2. The number of aromatic nitrogens is 1. The summed E-state index contributed by atoms with van der Waals surface area (Å²) in [5.74, 6) is 0.327. The minimum atomic E-state index is -0.330. The van der Waals surface area contributed by atoms with Crippen molar-refractivity contribution in [3.05, 3.63) is 70.6 Å². The summed E-state index contributed by atoms with van der Waals surface area (Å²) in [6, 6.07) is 13.7. The molecule has 30 heavy (non-hydrogen) atoms. The zero-order valence-corrected chi connectivity index (χ0v) is 17.5. The smallest absolute Gasteiger partial charge is 0.255 e. The van der Waals surface area contributed by atoms with E-state index in [1.54, 1.807) is 19.1 Å². The number of carbonyl (C=O) groups excluding carboxylic acids is 1. The molecule has 0 spiro atoms. The van der Waals surface area contributed by atoms with Gasteiger partial charge < -0.3 is 9.64 Å². The van der Waals surface area contributed by atoms with Crippen LogP contribution in [0.5, 0.6) is 5.75 Å². The number of hydrogen-bond acceptors (Lipinski definition) is 4. The zero-order chi connectivity index (χ0) is 21.1. The molecule has 1 aromatic heterocycles. The van der Waals surface area contributed by atoms with Crippen LogP contribution >= 0.6 is 11.6 Å². The van der Waals surface area contributed by atoms with Crippen LogP contribution in [0, 0.1) is 12.7 Å². The quantitative estimate of drug-likeness (QED) is 0.613. The molecule has 4 rings (SSSR count). The zero-order valence-electron chi connectivity index (χ0n) is 16.8. The molecule has 3 aromatic rings. The summed E-state index contributed by atoms with van der Waals surface area (Å²) in [4.78, 5) is 21.6. The lowest BCUT2D eigenvalue weighted by Gasteiger charge is -2.34. The van der Waals surface area contributed by atoms with E-state index < -0.39 is 0 Å². The highest BCUT2D eigenvalue weighted by atomic mass is 35.5. The Morgan fingerprint density at radius 1 is 1.13 bits per heavy atom. The molecule has 1 aliphatic heterocycles. The van der Waals surface area contributed by atoms with Gasteiger partial charge in [0.2, 0.25) is 0 Å². The second-order valence-electron chi connectivity index (χ2n) is 7.37. The van der Waals surface area contributed by atoms with Crippen molar-refractivity contribution in [2.75, 3.05) is 39.3 Å². The Bertz CT molecular complexity index is 1070. The summed E-state index contributed by atoms with van der Waals surface area (Å²) in [7, 11) is 0. The fraction of sp³-hybridized carbons (Fsp3) is 0.304. The summed E-state index contributed by atoms with van der Waals surface area (Å²) in [5.41, 5.74) is 1.76. The maximum absolute atomic E-state index is 13.4. The number of para-hydroxylation sites is 1. The third-order valence-corrected chi connectivity index (χ3v) is 5.67. The van der Waals surface area contributed by atoms with Crippen molar-refractivity contribution in [3.63, 3.8) is 0 Å². The highest BCUT2D eigenvalue weighted by molar-refractivity contribution is 6.32. The number of ether oxygens (including phenoxy) is 1. The molecule has 1 aliphatic rings. The van der Waals surface area contributed by atoms with Gasteiger partial charge in [-0.25, -0.2) is 4.39 Å². The number of hydrogen-bond donors (Lipinski definition) is 0. The number of carbonyl (C=O) groups is 1. The van der Waals surface area contributed by atoms with E-state index >= 15 is 0 Å². The number of aryl methyl sites for hydroxylation is 1. The van der Waals surface area contributed by atoms with Gasteiger partial charge in [0, 0.05) is 44.2 Å². The maximum atomic E-state index is 13.4. The molecular formula is C23H23ClFN3O2. The molecule has 156 valence electrons. The lowest BCUT2D eigenvalue weighted by molar-refractivity contribution is 0.0619. The normalized spacial score (nSPS) is 14.8. The summed E-state index contributed by atoms with van der Waals surface area (Å²) in [6.45, 7) is 5.96. The molecule has 0 atom stereocenters. The van der Waals surface area contributed by atoms with Crippen LogP contribution in [0.3, 0.4) is 0 Å². The molecule has 2 aromatic carbocycles. The Morgan fingerprint density at radius 2 is 1.90 bits per heavy atom. The molecule has 0 aliphatic carbocycles. The number of fused-ring (bicyclic) bond motifs is 1. The van der Waals surface area contributed by atoms with Crippen molar-refractivity contribution in [2.24, 2.45) is 0 Å². The summed E-state index contributed by atoms with van der Waals surface area (Å²) >= 11 is 6.11. The number of amides is 1. The Labute approximate surface area is 180 Å². The highest BCUT2D eigenvalue weighted by Crippen LogP contribution is 2.23. The SMILES string of the molecule is Cc1nc2cc(F)ccc2cc1C(=O)N1CCN(CCOc2ccccc2Cl)CC1. The lowest BCUT2D eigenvalue weighted by atomic mass is 10.1. The third-order valence-electron chi connectivity index (χ3n) is 5.36. The highest BCUT2D eigenvalue weighted by Gasteiger charge is 2.24. The average Bonchev–Trinajstić information content (AvgIpc) is 2.74. The minimum Gasteiger partial charge on any atom is -0.491 e. The molecule has 0 saturated carbocycles. The van der Waals surface area contributed by atoms with E-state index in [-0.39, 0.29) is 11.7 Å². The van der Waals surface area contributed by atoms with Crippen LogP contribution in [0.4, 0.5) is 4.39 Å². The van der Waals surface area contributed by atoms with Gasteiger partial charge in [-0.3, -0.25) is 14.7 Å². The topological polar surface area (TPSA) is 45.7 Å². The standard InChI is InChI=1S/C23H23ClFN3O2/c1-16-19(14-17-6-7-18(25)15-21(17)26-16)23(29)28-10-8-27(9-11-28)12-13-30-22-5-3-2-4-20(22)24/h2-7,14-15H,8-13H2,1H3. The van der Waals surface area contributed by atoms with Gasteiger partial charge in [-0.15, -0.1) is 0 Å². The summed E-state index contributed by atoms with van der Waals surface area (Å²) < 4.78 is 19.2. The molecule has 0 unspecified atom stereocenters. The van der Waals surface area contributed by atoms with Crippen molar-refractivity contribution in [2.45, 2.75) is 6.92 Å². The number of benzene rings is 2. The molecule has 1 fully saturated rings. The minimum absolute atomic E-state index is 0.0295. The van der Waals surface area contributed by atoms with Crippen LogP contribution in [0.1, 0.15) is 16.1 Å². The molecule has 0 N–H and O–H groups in total. The van der Waals surface area contributed by atoms with Crippen LogP contribution in [0.15, 0.2) is 48.5 Å². The Morgan fingerprint density at radius 3 is 2.67 bits per heavy atom. The van der Waals surface area contributed by atoms with Gasteiger partial charge in [0.05, 0.1) is 21.8 Å². The predicted octanol–water partition coefficient (Wildman–Crippen LogP) is 4.17. The van der Waals surface area contributed by atoms with Crippen molar-refractivity contribution in [3.8, 4) is 5.75 Å². The second kappa shape index (κ2) is 8.98. The lowest BCUT2D eigenvalue weighted by Crippen LogP contribution is -2.49. The van der Waals surface area contributed by atoms with E-state index in [0.29, 0.717) is 47.2 Å². The predicted molar refractivity (Wildman–Crippen MR) is 116 cm³/mol. The summed E-state index contributed by atoms with van der Waals surface area (Å²) in [5, 5.41) is 1.37. The first-order chi connectivity index (χ1) is 14.5. The van der Waals surface area contributed by atoms with Gasteiger partial charge in [-0.2, -0.15) is 0 Å². The van der Waals surface area contributed by atoms with Crippen molar-refractivity contribution >= 4 is 28.4 Å². The van der Waals surface area contributed by atoms with Crippen LogP contribution < -0.4 is 4.74 Å². The van der Waals surface area contributed by atoms with E-state index in [4.69, 9.17) is 16.3 Å². The molecular weight excluding hydrogens is 405 g/mol. The molecule has 0 radical (unpaired) electrons. The number of nitrogens with zero attached hydrogens (tertiary/aromatic N) is 3. The van der Waals surface area contributed by atoms with Gasteiger partial charge in [0.15, 0.2) is 0 Å². The summed E-state index contributed by atoms with van der Waals surface area (Å²) in [6.07, 6.45) is 0. The molecule has 5 nitrogen and oxygen atoms in total.